The molecule has 14 atom stereocenters. The maximum Gasteiger partial charge on any atom is 0.339 e. The predicted octanol–water partition coefficient (Wildman–Crippen LogP) is -5.07. The number of hydrogen-bond acceptors (Lipinski definition) is 16. The number of aliphatic hydroxyl groups excluding tert-OH is 7. The first-order valence-electron chi connectivity index (χ1n) is 12.4. The highest BCUT2D eigenvalue weighted by Gasteiger charge is 2.64. The molecule has 2 saturated heterocycles. The summed E-state index contributed by atoms with van der Waals surface area (Å²) in [6.45, 7) is 0.124. The maximum absolute atomic E-state index is 12.2. The van der Waals surface area contributed by atoms with E-state index < -0.39 is 104 Å². The average Bonchev–Trinajstić information content (AvgIpc) is 3.17. The molecule has 0 aromatic heterocycles. The van der Waals surface area contributed by atoms with Crippen LogP contribution >= 0.6 is 0 Å². The Balaban J connectivity index is 1.48. The van der Waals surface area contributed by atoms with Crippen LogP contribution in [0.1, 0.15) is 19.8 Å². The minimum atomic E-state index is -1.91. The second-order valence-electron chi connectivity index (χ2n) is 10.5. The highest BCUT2D eigenvalue weighted by atomic mass is 16.8. The first-order chi connectivity index (χ1) is 18.3. The van der Waals surface area contributed by atoms with Crippen molar-refractivity contribution in [3.63, 3.8) is 0 Å². The molecule has 4 rings (SSSR count). The van der Waals surface area contributed by atoms with Gasteiger partial charge >= 0.3 is 5.97 Å². The summed E-state index contributed by atoms with van der Waals surface area (Å²) < 4.78 is 32.1. The molecule has 0 aromatic rings. The highest BCUT2D eigenvalue weighted by molar-refractivity contribution is 5.90. The summed E-state index contributed by atoms with van der Waals surface area (Å²) >= 11 is 0. The van der Waals surface area contributed by atoms with Crippen molar-refractivity contribution in [2.24, 2.45) is 5.92 Å². The molecule has 0 amide bonds. The van der Waals surface area contributed by atoms with Crippen molar-refractivity contribution < 1.29 is 79.2 Å². The van der Waals surface area contributed by atoms with Crippen LogP contribution in [0, 0.1) is 5.92 Å². The molecule has 39 heavy (non-hydrogen) atoms. The number of methoxy groups -OCH3 is 1. The van der Waals surface area contributed by atoms with Crippen molar-refractivity contribution in [3.8, 4) is 0 Å². The molecule has 9 N–H and O–H groups in total. The molecular formula is C23H36O16. The van der Waals surface area contributed by atoms with E-state index in [4.69, 9.17) is 28.4 Å². The van der Waals surface area contributed by atoms with Gasteiger partial charge in [-0.3, -0.25) is 0 Å². The summed E-state index contributed by atoms with van der Waals surface area (Å²) in [5.74, 6) is -2.13. The van der Waals surface area contributed by atoms with E-state index >= 15 is 0 Å². The third-order valence-electron chi connectivity index (χ3n) is 7.87. The average molecular weight is 569 g/mol. The van der Waals surface area contributed by atoms with Gasteiger partial charge in [-0.1, -0.05) is 0 Å². The van der Waals surface area contributed by atoms with Crippen LogP contribution < -0.4 is 0 Å². The minimum absolute atomic E-state index is 0.0419. The first kappa shape index (κ1) is 30.4. The van der Waals surface area contributed by atoms with Crippen LogP contribution in [-0.4, -0.2) is 151 Å². The van der Waals surface area contributed by atoms with Crippen LogP contribution in [0.25, 0.3) is 0 Å². The van der Waals surface area contributed by atoms with Gasteiger partial charge in [-0.05, 0) is 19.8 Å². The topological polar surface area (TPSA) is 255 Å². The molecule has 0 radical (unpaired) electrons. The molecule has 3 aliphatic heterocycles. The third-order valence-corrected chi connectivity index (χ3v) is 7.87. The molecule has 0 spiro atoms. The zero-order chi connectivity index (χ0) is 28.9. The van der Waals surface area contributed by atoms with Crippen LogP contribution in [0.3, 0.4) is 0 Å². The normalized spacial score (nSPS) is 50.1. The number of carbonyl (C=O) groups excluding carboxylic acids is 1. The minimum Gasteiger partial charge on any atom is -0.471 e. The molecule has 16 heteroatoms. The highest BCUT2D eigenvalue weighted by Crippen LogP contribution is 2.52. The van der Waals surface area contributed by atoms with Gasteiger partial charge in [-0.15, -0.1) is 0 Å². The number of aliphatic hydroxyl groups is 9. The van der Waals surface area contributed by atoms with Crippen molar-refractivity contribution in [2.75, 3.05) is 20.3 Å². The number of hydrogen-bond donors (Lipinski definition) is 9. The second-order valence-corrected chi connectivity index (χ2v) is 10.5. The number of carbonyl (C=O) groups is 1. The van der Waals surface area contributed by atoms with Gasteiger partial charge in [0.15, 0.2) is 12.6 Å². The van der Waals surface area contributed by atoms with Crippen molar-refractivity contribution in [3.05, 3.63) is 11.8 Å². The van der Waals surface area contributed by atoms with Gasteiger partial charge in [-0.2, -0.15) is 0 Å². The molecule has 1 aliphatic carbocycles. The van der Waals surface area contributed by atoms with Gasteiger partial charge in [0.05, 0.1) is 38.1 Å². The lowest BCUT2D eigenvalue weighted by Crippen LogP contribution is -2.63. The summed E-state index contributed by atoms with van der Waals surface area (Å²) in [6.07, 6.45) is -16.9. The molecule has 3 heterocycles. The lowest BCUT2D eigenvalue weighted by molar-refractivity contribution is -0.360. The Hall–Kier alpha value is -1.51. The first-order valence-corrected chi connectivity index (χ1v) is 12.4. The quantitative estimate of drug-likeness (QED) is 0.130. The number of fused-ring (bicyclic) bond motifs is 1. The lowest BCUT2D eigenvalue weighted by Gasteiger charge is -2.46. The van der Waals surface area contributed by atoms with Crippen molar-refractivity contribution in [2.45, 2.75) is 98.7 Å². The molecule has 1 saturated carbocycles. The van der Waals surface area contributed by atoms with E-state index in [-0.39, 0.29) is 18.4 Å². The Labute approximate surface area is 222 Å². The van der Waals surface area contributed by atoms with Crippen LogP contribution in [0.15, 0.2) is 11.8 Å². The Morgan fingerprint density at radius 2 is 1.49 bits per heavy atom. The SMILES string of the molecule is COC(=O)C1=CO[C@@H](O[C@@H]2O[C@H](CO[C@@H]3O[C@H](CO)[C@@H](O)[C@H](O)[C@H]3O)[C@@H](O)[C@H](O)[C@H]2O)[C@@H]2[C@@](C)(O)CC[C@]12O. The fourth-order valence-corrected chi connectivity index (χ4v) is 5.54. The Bertz CT molecular complexity index is 911. The van der Waals surface area contributed by atoms with E-state index in [0.29, 0.717) is 0 Å². The summed E-state index contributed by atoms with van der Waals surface area (Å²) in [6, 6.07) is 0. The summed E-state index contributed by atoms with van der Waals surface area (Å²) in [4.78, 5) is 12.2. The van der Waals surface area contributed by atoms with Gasteiger partial charge in [0.25, 0.3) is 0 Å². The van der Waals surface area contributed by atoms with E-state index in [1.54, 1.807) is 0 Å². The Morgan fingerprint density at radius 1 is 0.897 bits per heavy atom. The third kappa shape index (κ3) is 5.42. The molecule has 0 unspecified atom stereocenters. The summed E-state index contributed by atoms with van der Waals surface area (Å²) in [7, 11) is 1.11. The Kier molecular flexibility index (Phi) is 8.90. The van der Waals surface area contributed by atoms with Crippen LogP contribution in [0.4, 0.5) is 0 Å². The maximum atomic E-state index is 12.2. The van der Waals surface area contributed by atoms with Crippen molar-refractivity contribution in [1.82, 2.24) is 0 Å². The standard InChI is InChI=1S/C23H36O16/c1-22(32)3-4-23(33)8(18(31)34-2)6-35-21(17(22)23)39-20-16(30)14(28)12(26)10(38-20)7-36-19-15(29)13(27)11(25)9(5-24)37-19/h6,9-17,19-21,24-30,32-33H,3-5,7H2,1-2H3/t9-,10-,11-,12-,13+,14+,15-,16-,17-,19-,20+,21+,22+,23+/m1/s1. The van der Waals surface area contributed by atoms with E-state index in [1.165, 1.54) is 6.92 Å². The fraction of sp³-hybridized carbons (Fsp3) is 0.870. The second kappa shape index (κ2) is 11.4. The molecule has 0 aromatic carbocycles. The van der Waals surface area contributed by atoms with Gasteiger partial charge < -0.3 is 74.4 Å². The predicted molar refractivity (Wildman–Crippen MR) is 121 cm³/mol. The molecular weight excluding hydrogens is 532 g/mol. The Morgan fingerprint density at radius 3 is 2.10 bits per heavy atom. The number of rotatable bonds is 7. The van der Waals surface area contributed by atoms with Crippen LogP contribution in [0.5, 0.6) is 0 Å². The number of esters is 1. The zero-order valence-electron chi connectivity index (χ0n) is 21.2. The fourth-order valence-electron chi connectivity index (χ4n) is 5.54. The van der Waals surface area contributed by atoms with Gasteiger partial charge in [0.1, 0.15) is 60.0 Å². The van der Waals surface area contributed by atoms with E-state index in [9.17, 15) is 50.8 Å². The molecule has 224 valence electrons. The van der Waals surface area contributed by atoms with Crippen LogP contribution in [0.2, 0.25) is 0 Å². The zero-order valence-corrected chi connectivity index (χ0v) is 21.2. The van der Waals surface area contributed by atoms with Crippen molar-refractivity contribution >= 4 is 5.97 Å². The molecule has 4 aliphatic rings. The summed E-state index contributed by atoms with van der Waals surface area (Å²) in [5.41, 5.74) is -3.75. The van der Waals surface area contributed by atoms with Gasteiger partial charge in [0.2, 0.25) is 6.29 Å². The number of ether oxygens (including phenoxy) is 6. The van der Waals surface area contributed by atoms with E-state index in [0.717, 1.165) is 13.4 Å². The monoisotopic (exact) mass is 568 g/mol. The van der Waals surface area contributed by atoms with Gasteiger partial charge in [0, 0.05) is 0 Å². The van der Waals surface area contributed by atoms with E-state index in [2.05, 4.69) is 0 Å². The molecule has 3 fully saturated rings. The summed E-state index contributed by atoms with van der Waals surface area (Å²) in [5, 5.41) is 93.1. The molecule has 16 nitrogen and oxygen atoms in total. The van der Waals surface area contributed by atoms with Crippen LogP contribution in [-0.2, 0) is 33.2 Å². The largest absolute Gasteiger partial charge is 0.471 e. The van der Waals surface area contributed by atoms with Crippen molar-refractivity contribution in [1.29, 1.82) is 0 Å². The lowest BCUT2D eigenvalue weighted by atomic mass is 9.77. The molecule has 0 bridgehead atoms. The smallest absolute Gasteiger partial charge is 0.339 e. The van der Waals surface area contributed by atoms with E-state index in [1.807, 2.05) is 0 Å². The van der Waals surface area contributed by atoms with Gasteiger partial charge in [-0.25, -0.2) is 4.79 Å².